The van der Waals surface area contributed by atoms with Crippen molar-refractivity contribution in [2.45, 2.75) is 18.2 Å². The highest BCUT2D eigenvalue weighted by Crippen LogP contribution is 2.27. The van der Waals surface area contributed by atoms with E-state index in [2.05, 4.69) is 15.9 Å². The molecular formula is C11H11BrFNO. The van der Waals surface area contributed by atoms with Crippen molar-refractivity contribution in [3.63, 3.8) is 0 Å². The van der Waals surface area contributed by atoms with Gasteiger partial charge in [0, 0.05) is 17.8 Å². The van der Waals surface area contributed by atoms with Crippen LogP contribution in [0.2, 0.25) is 0 Å². The molecule has 1 aliphatic rings. The third-order valence-electron chi connectivity index (χ3n) is 2.47. The van der Waals surface area contributed by atoms with Gasteiger partial charge in [-0.25, -0.2) is 4.39 Å². The highest BCUT2D eigenvalue weighted by molar-refractivity contribution is 9.09. The Hall–Kier alpha value is -0.900. The molecule has 1 unspecified atom stereocenters. The molecule has 0 N–H and O–H groups in total. The summed E-state index contributed by atoms with van der Waals surface area (Å²) >= 11 is 3.37. The number of rotatable bonds is 1. The van der Waals surface area contributed by atoms with E-state index >= 15 is 0 Å². The van der Waals surface area contributed by atoms with Crippen LogP contribution in [0.25, 0.3) is 0 Å². The third-order valence-corrected chi connectivity index (χ3v) is 3.09. The topological polar surface area (TPSA) is 20.3 Å². The molecule has 2 nitrogen and oxygen atoms in total. The lowest BCUT2D eigenvalue weighted by molar-refractivity contribution is -0.117. The Kier molecular flexibility index (Phi) is 2.78. The van der Waals surface area contributed by atoms with Crippen LogP contribution in [0.1, 0.15) is 12.0 Å². The lowest BCUT2D eigenvalue weighted by Crippen LogP contribution is -2.25. The van der Waals surface area contributed by atoms with Gasteiger partial charge in [0.15, 0.2) is 0 Å². The molecule has 0 radical (unpaired) electrons. The molecule has 1 fully saturated rings. The minimum atomic E-state index is -0.329. The third kappa shape index (κ3) is 2.04. The van der Waals surface area contributed by atoms with Crippen molar-refractivity contribution < 1.29 is 9.18 Å². The monoisotopic (exact) mass is 271 g/mol. The number of halogens is 2. The fourth-order valence-corrected chi connectivity index (χ4v) is 2.29. The van der Waals surface area contributed by atoms with Gasteiger partial charge in [-0.1, -0.05) is 22.0 Å². The first-order valence-corrected chi connectivity index (χ1v) is 5.70. The molecule has 1 aliphatic heterocycles. The van der Waals surface area contributed by atoms with Gasteiger partial charge in [-0.2, -0.15) is 0 Å². The first kappa shape index (κ1) is 10.6. The summed E-state index contributed by atoms with van der Waals surface area (Å²) < 4.78 is 13.6. The Bertz CT molecular complexity index is 408. The Morgan fingerprint density at radius 1 is 1.53 bits per heavy atom. The van der Waals surface area contributed by atoms with Crippen molar-refractivity contribution in [3.8, 4) is 0 Å². The van der Waals surface area contributed by atoms with Gasteiger partial charge in [0.1, 0.15) is 5.82 Å². The second-order valence-corrected chi connectivity index (χ2v) is 5.06. The van der Waals surface area contributed by atoms with Crippen molar-refractivity contribution in [1.82, 2.24) is 0 Å². The Labute approximate surface area is 96.2 Å². The van der Waals surface area contributed by atoms with Crippen LogP contribution in [-0.4, -0.2) is 17.3 Å². The van der Waals surface area contributed by atoms with Gasteiger partial charge >= 0.3 is 0 Å². The van der Waals surface area contributed by atoms with Crippen molar-refractivity contribution in [1.29, 1.82) is 0 Å². The standard InChI is InChI=1S/C11H11BrFNO/c1-7-2-3-10(9(13)4-7)14-6-8(12)5-11(14)15/h2-4,8H,5-6H2,1H3. The van der Waals surface area contributed by atoms with E-state index < -0.39 is 0 Å². The molecule has 0 aliphatic carbocycles. The van der Waals surface area contributed by atoms with Crippen LogP contribution in [0.15, 0.2) is 18.2 Å². The largest absolute Gasteiger partial charge is 0.308 e. The van der Waals surface area contributed by atoms with Crippen LogP contribution >= 0.6 is 15.9 Å². The molecule has 0 spiro atoms. The first-order chi connectivity index (χ1) is 7.08. The molecule has 1 aromatic carbocycles. The molecule has 2 rings (SSSR count). The SMILES string of the molecule is Cc1ccc(N2CC(Br)CC2=O)c(F)c1. The van der Waals surface area contributed by atoms with Gasteiger partial charge in [-0.15, -0.1) is 0 Å². The summed E-state index contributed by atoms with van der Waals surface area (Å²) in [5.41, 5.74) is 1.24. The molecule has 0 bridgehead atoms. The molecule has 80 valence electrons. The van der Waals surface area contributed by atoms with E-state index in [1.165, 1.54) is 11.0 Å². The smallest absolute Gasteiger partial charge is 0.228 e. The summed E-state index contributed by atoms with van der Waals surface area (Å²) in [6, 6.07) is 4.92. The summed E-state index contributed by atoms with van der Waals surface area (Å²) in [5, 5.41) is 0. The van der Waals surface area contributed by atoms with Gasteiger partial charge in [0.25, 0.3) is 0 Å². The molecular weight excluding hydrogens is 261 g/mol. The maximum absolute atomic E-state index is 13.6. The maximum Gasteiger partial charge on any atom is 0.228 e. The lowest BCUT2D eigenvalue weighted by atomic mass is 10.2. The maximum atomic E-state index is 13.6. The molecule has 1 aromatic rings. The number of hydrogen-bond donors (Lipinski definition) is 0. The van der Waals surface area contributed by atoms with E-state index in [0.717, 1.165) is 5.56 Å². The van der Waals surface area contributed by atoms with E-state index in [1.807, 2.05) is 13.0 Å². The van der Waals surface area contributed by atoms with E-state index in [9.17, 15) is 9.18 Å². The predicted octanol–water partition coefficient (Wildman–Crippen LogP) is 2.63. The quantitative estimate of drug-likeness (QED) is 0.720. The number of hydrogen-bond acceptors (Lipinski definition) is 1. The number of aryl methyl sites for hydroxylation is 1. The summed E-state index contributed by atoms with van der Waals surface area (Å²) in [7, 11) is 0. The van der Waals surface area contributed by atoms with Gasteiger partial charge in [-0.3, -0.25) is 4.79 Å². The van der Waals surface area contributed by atoms with Crippen molar-refractivity contribution in [3.05, 3.63) is 29.6 Å². The average molecular weight is 272 g/mol. The summed E-state index contributed by atoms with van der Waals surface area (Å²) in [6.07, 6.45) is 0.438. The van der Waals surface area contributed by atoms with E-state index in [1.54, 1.807) is 6.07 Å². The van der Waals surface area contributed by atoms with E-state index in [4.69, 9.17) is 0 Å². The van der Waals surface area contributed by atoms with Gasteiger partial charge in [0.05, 0.1) is 5.69 Å². The number of benzene rings is 1. The Morgan fingerprint density at radius 3 is 2.80 bits per heavy atom. The Balaban J connectivity index is 2.34. The second-order valence-electron chi connectivity index (χ2n) is 3.76. The van der Waals surface area contributed by atoms with Crippen LogP contribution in [0.3, 0.4) is 0 Å². The number of nitrogens with zero attached hydrogens (tertiary/aromatic N) is 1. The van der Waals surface area contributed by atoms with Crippen molar-refractivity contribution in [2.24, 2.45) is 0 Å². The fraction of sp³-hybridized carbons (Fsp3) is 0.364. The molecule has 15 heavy (non-hydrogen) atoms. The summed E-state index contributed by atoms with van der Waals surface area (Å²) in [4.78, 5) is 13.2. The number of anilines is 1. The van der Waals surface area contributed by atoms with Crippen LogP contribution < -0.4 is 4.90 Å². The summed E-state index contributed by atoms with van der Waals surface area (Å²) in [5.74, 6) is -0.357. The molecule has 0 saturated carbocycles. The minimum Gasteiger partial charge on any atom is -0.308 e. The zero-order valence-corrected chi connectivity index (χ0v) is 9.92. The highest BCUT2D eigenvalue weighted by atomic mass is 79.9. The normalized spacial score (nSPS) is 21.1. The van der Waals surface area contributed by atoms with Crippen LogP contribution in [0, 0.1) is 12.7 Å². The zero-order valence-electron chi connectivity index (χ0n) is 8.34. The van der Waals surface area contributed by atoms with Crippen LogP contribution in [0.4, 0.5) is 10.1 Å². The number of alkyl halides is 1. The fourth-order valence-electron chi connectivity index (χ4n) is 1.73. The van der Waals surface area contributed by atoms with E-state index in [-0.39, 0.29) is 16.6 Å². The zero-order chi connectivity index (χ0) is 11.0. The lowest BCUT2D eigenvalue weighted by Gasteiger charge is -2.16. The summed E-state index contributed by atoms with van der Waals surface area (Å²) in [6.45, 7) is 2.37. The van der Waals surface area contributed by atoms with Crippen molar-refractivity contribution >= 4 is 27.5 Å². The van der Waals surface area contributed by atoms with Crippen LogP contribution in [0.5, 0.6) is 0 Å². The Morgan fingerprint density at radius 2 is 2.27 bits per heavy atom. The molecule has 4 heteroatoms. The van der Waals surface area contributed by atoms with Gasteiger partial charge < -0.3 is 4.90 Å². The highest BCUT2D eigenvalue weighted by Gasteiger charge is 2.30. The van der Waals surface area contributed by atoms with E-state index in [0.29, 0.717) is 18.7 Å². The molecule has 1 saturated heterocycles. The predicted molar refractivity (Wildman–Crippen MR) is 60.8 cm³/mol. The average Bonchev–Trinajstić information content (AvgIpc) is 2.45. The number of amides is 1. The molecule has 1 atom stereocenters. The first-order valence-electron chi connectivity index (χ1n) is 4.78. The number of carbonyl (C=O) groups is 1. The van der Waals surface area contributed by atoms with Crippen molar-refractivity contribution in [2.75, 3.05) is 11.4 Å². The minimum absolute atomic E-state index is 0.0281. The molecule has 0 aromatic heterocycles. The van der Waals surface area contributed by atoms with Gasteiger partial charge in [-0.05, 0) is 24.6 Å². The number of carbonyl (C=O) groups excluding carboxylic acids is 1. The second kappa shape index (κ2) is 3.93. The van der Waals surface area contributed by atoms with Crippen LogP contribution in [-0.2, 0) is 4.79 Å². The molecule has 1 heterocycles. The van der Waals surface area contributed by atoms with Gasteiger partial charge in [0.2, 0.25) is 5.91 Å². The molecule has 1 amide bonds.